The van der Waals surface area contributed by atoms with E-state index < -0.39 is 0 Å². The van der Waals surface area contributed by atoms with Gasteiger partial charge in [0.15, 0.2) is 11.5 Å². The van der Waals surface area contributed by atoms with Crippen LogP contribution >= 0.6 is 0 Å². The summed E-state index contributed by atoms with van der Waals surface area (Å²) >= 11 is 0. The molecule has 1 heterocycles. The summed E-state index contributed by atoms with van der Waals surface area (Å²) in [6, 6.07) is 5.92. The van der Waals surface area contributed by atoms with Crippen LogP contribution < -0.4 is 14.8 Å². The molecule has 0 unspecified atom stereocenters. The predicted octanol–water partition coefficient (Wildman–Crippen LogP) is 2.00. The second-order valence-corrected chi connectivity index (χ2v) is 4.50. The second kappa shape index (κ2) is 6.96. The van der Waals surface area contributed by atoms with Crippen LogP contribution in [0, 0.1) is 6.92 Å². The zero-order chi connectivity index (χ0) is 14.4. The Morgan fingerprint density at radius 3 is 2.85 bits per heavy atom. The van der Waals surface area contributed by atoms with Gasteiger partial charge >= 0.3 is 0 Å². The summed E-state index contributed by atoms with van der Waals surface area (Å²) < 4.78 is 13.4. The molecule has 5 nitrogen and oxygen atoms in total. The average Bonchev–Trinajstić information content (AvgIpc) is 2.86. The molecule has 0 aliphatic heterocycles. The lowest BCUT2D eigenvalue weighted by Crippen LogP contribution is -2.12. The number of para-hydroxylation sites is 1. The quantitative estimate of drug-likeness (QED) is 0.839. The summed E-state index contributed by atoms with van der Waals surface area (Å²) in [4.78, 5) is 4.20. The molecule has 0 aliphatic carbocycles. The molecule has 2 aromatic rings. The molecule has 5 heteroatoms. The molecule has 108 valence electrons. The first-order valence-electron chi connectivity index (χ1n) is 6.67. The van der Waals surface area contributed by atoms with Crippen molar-refractivity contribution in [1.82, 2.24) is 14.9 Å². The smallest absolute Gasteiger partial charge is 0.165 e. The third-order valence-corrected chi connectivity index (χ3v) is 3.15. The van der Waals surface area contributed by atoms with E-state index in [-0.39, 0.29) is 0 Å². The number of rotatable bonds is 7. The summed E-state index contributed by atoms with van der Waals surface area (Å²) in [5, 5.41) is 3.14. The molecule has 0 bridgehead atoms. The number of aryl methyl sites for hydroxylation is 1. The van der Waals surface area contributed by atoms with E-state index >= 15 is 0 Å². The van der Waals surface area contributed by atoms with Gasteiger partial charge in [-0.25, -0.2) is 4.98 Å². The molecule has 0 fully saturated rings. The number of hydrogen-bond donors (Lipinski definition) is 1. The number of aromatic nitrogens is 2. The minimum atomic E-state index is 0.578. The van der Waals surface area contributed by atoms with E-state index in [1.54, 1.807) is 13.3 Å². The van der Waals surface area contributed by atoms with Gasteiger partial charge in [-0.2, -0.15) is 0 Å². The maximum absolute atomic E-state index is 5.93. The maximum Gasteiger partial charge on any atom is 0.165 e. The van der Waals surface area contributed by atoms with Gasteiger partial charge in [0.25, 0.3) is 0 Å². The minimum Gasteiger partial charge on any atom is -0.493 e. The van der Waals surface area contributed by atoms with E-state index in [0.29, 0.717) is 6.61 Å². The molecule has 0 aliphatic rings. The standard InChI is InChI=1S/C15H21N3O2/c1-12-17-7-8-18(12)9-10-20-15-13(11-16-2)5-4-6-14(15)19-3/h4-8,16H,9-11H2,1-3H3. The van der Waals surface area contributed by atoms with Crippen LogP contribution in [0.3, 0.4) is 0 Å². The van der Waals surface area contributed by atoms with Crippen molar-refractivity contribution < 1.29 is 9.47 Å². The van der Waals surface area contributed by atoms with Gasteiger partial charge in [-0.15, -0.1) is 0 Å². The molecule has 2 rings (SSSR count). The number of ether oxygens (including phenoxy) is 2. The monoisotopic (exact) mass is 275 g/mol. The average molecular weight is 275 g/mol. The first-order chi connectivity index (χ1) is 9.76. The predicted molar refractivity (Wildman–Crippen MR) is 78.2 cm³/mol. The third kappa shape index (κ3) is 3.30. The Bertz CT molecular complexity index is 552. The lowest BCUT2D eigenvalue weighted by atomic mass is 10.2. The molecule has 0 amide bonds. The van der Waals surface area contributed by atoms with Crippen molar-refractivity contribution in [3.05, 3.63) is 42.0 Å². The highest BCUT2D eigenvalue weighted by atomic mass is 16.5. The van der Waals surface area contributed by atoms with Crippen LogP contribution in [0.1, 0.15) is 11.4 Å². The van der Waals surface area contributed by atoms with Crippen molar-refractivity contribution in [2.45, 2.75) is 20.0 Å². The van der Waals surface area contributed by atoms with Gasteiger partial charge in [-0.1, -0.05) is 12.1 Å². The number of methoxy groups -OCH3 is 1. The van der Waals surface area contributed by atoms with Crippen LogP contribution in [0.2, 0.25) is 0 Å². The normalized spacial score (nSPS) is 10.6. The van der Waals surface area contributed by atoms with Crippen LogP contribution in [0.5, 0.6) is 11.5 Å². The van der Waals surface area contributed by atoms with Gasteiger partial charge in [0.2, 0.25) is 0 Å². The number of benzene rings is 1. The Labute approximate surface area is 119 Å². The van der Waals surface area contributed by atoms with Crippen molar-refractivity contribution in [2.24, 2.45) is 0 Å². The zero-order valence-electron chi connectivity index (χ0n) is 12.2. The second-order valence-electron chi connectivity index (χ2n) is 4.50. The van der Waals surface area contributed by atoms with Crippen molar-refractivity contribution in [3.63, 3.8) is 0 Å². The minimum absolute atomic E-state index is 0.578. The van der Waals surface area contributed by atoms with E-state index in [2.05, 4.69) is 14.9 Å². The number of hydrogen-bond acceptors (Lipinski definition) is 4. The Balaban J connectivity index is 2.05. The molecule has 1 N–H and O–H groups in total. The van der Waals surface area contributed by atoms with Crippen LogP contribution in [0.25, 0.3) is 0 Å². The van der Waals surface area contributed by atoms with E-state index in [1.807, 2.05) is 38.4 Å². The van der Waals surface area contributed by atoms with Crippen LogP contribution in [0.4, 0.5) is 0 Å². The third-order valence-electron chi connectivity index (χ3n) is 3.15. The van der Waals surface area contributed by atoms with Crippen molar-refractivity contribution >= 4 is 0 Å². The first kappa shape index (κ1) is 14.4. The first-order valence-corrected chi connectivity index (χ1v) is 6.67. The maximum atomic E-state index is 5.93. The molecule has 1 aromatic carbocycles. The number of nitrogens with one attached hydrogen (secondary N) is 1. The van der Waals surface area contributed by atoms with Crippen molar-refractivity contribution in [1.29, 1.82) is 0 Å². The fraction of sp³-hybridized carbons (Fsp3) is 0.400. The van der Waals surface area contributed by atoms with Gasteiger partial charge in [0, 0.05) is 24.5 Å². The molecule has 1 aromatic heterocycles. The van der Waals surface area contributed by atoms with Gasteiger partial charge < -0.3 is 19.4 Å². The van der Waals surface area contributed by atoms with Gasteiger partial charge in [-0.05, 0) is 20.0 Å². The highest BCUT2D eigenvalue weighted by Gasteiger charge is 2.10. The fourth-order valence-electron chi connectivity index (χ4n) is 2.10. The summed E-state index contributed by atoms with van der Waals surface area (Å²) in [5.74, 6) is 2.56. The molecule has 0 saturated heterocycles. The van der Waals surface area contributed by atoms with Crippen molar-refractivity contribution in [3.8, 4) is 11.5 Å². The lowest BCUT2D eigenvalue weighted by Gasteiger charge is -2.15. The number of nitrogens with zero attached hydrogens (tertiary/aromatic N) is 2. The Kier molecular flexibility index (Phi) is 5.01. The van der Waals surface area contributed by atoms with Crippen LogP contribution in [0.15, 0.2) is 30.6 Å². The summed E-state index contributed by atoms with van der Waals surface area (Å²) in [5.41, 5.74) is 1.09. The lowest BCUT2D eigenvalue weighted by molar-refractivity contribution is 0.275. The molecule has 0 saturated carbocycles. The van der Waals surface area contributed by atoms with E-state index in [9.17, 15) is 0 Å². The zero-order valence-corrected chi connectivity index (χ0v) is 12.2. The molecular formula is C15H21N3O2. The van der Waals surface area contributed by atoms with Gasteiger partial charge in [0.1, 0.15) is 12.4 Å². The van der Waals surface area contributed by atoms with Crippen molar-refractivity contribution in [2.75, 3.05) is 20.8 Å². The Hall–Kier alpha value is -2.01. The van der Waals surface area contributed by atoms with E-state index in [0.717, 1.165) is 36.0 Å². The highest BCUT2D eigenvalue weighted by molar-refractivity contribution is 5.46. The van der Waals surface area contributed by atoms with E-state index in [1.165, 1.54) is 0 Å². The Morgan fingerprint density at radius 2 is 2.20 bits per heavy atom. The summed E-state index contributed by atoms with van der Waals surface area (Å²) in [7, 11) is 3.57. The van der Waals surface area contributed by atoms with Crippen LogP contribution in [-0.2, 0) is 13.1 Å². The SMILES string of the molecule is CNCc1cccc(OC)c1OCCn1ccnc1C. The molecule has 0 radical (unpaired) electrons. The van der Waals surface area contributed by atoms with Gasteiger partial charge in [0.05, 0.1) is 13.7 Å². The molecular weight excluding hydrogens is 254 g/mol. The topological polar surface area (TPSA) is 48.3 Å². The number of imidazole rings is 1. The largest absolute Gasteiger partial charge is 0.493 e. The Morgan fingerprint density at radius 1 is 1.35 bits per heavy atom. The summed E-state index contributed by atoms with van der Waals surface area (Å²) in [6.45, 7) is 4.07. The van der Waals surface area contributed by atoms with Gasteiger partial charge in [-0.3, -0.25) is 0 Å². The van der Waals surface area contributed by atoms with E-state index in [4.69, 9.17) is 9.47 Å². The molecule has 0 atom stereocenters. The molecule has 20 heavy (non-hydrogen) atoms. The highest BCUT2D eigenvalue weighted by Crippen LogP contribution is 2.31. The summed E-state index contributed by atoms with van der Waals surface area (Å²) in [6.07, 6.45) is 3.75. The molecule has 0 spiro atoms. The fourth-order valence-corrected chi connectivity index (χ4v) is 2.10. The van der Waals surface area contributed by atoms with Crippen LogP contribution in [-0.4, -0.2) is 30.3 Å².